The number of hydrogen-bond acceptors (Lipinski definition) is 4. The highest BCUT2D eigenvalue weighted by Gasteiger charge is 2.28. The van der Waals surface area contributed by atoms with Crippen LogP contribution in [0.2, 0.25) is 0 Å². The maximum absolute atomic E-state index is 11.1. The molecule has 0 saturated heterocycles. The molecule has 0 bridgehead atoms. The van der Waals surface area contributed by atoms with Crippen LogP contribution in [0.3, 0.4) is 0 Å². The molecular weight excluding hydrogens is 328 g/mol. The van der Waals surface area contributed by atoms with Gasteiger partial charge in [0, 0.05) is 21.8 Å². The van der Waals surface area contributed by atoms with E-state index in [0.717, 1.165) is 16.6 Å². The summed E-state index contributed by atoms with van der Waals surface area (Å²) in [5, 5.41) is 15.0. The van der Waals surface area contributed by atoms with E-state index in [0.29, 0.717) is 17.0 Å². The van der Waals surface area contributed by atoms with Crippen molar-refractivity contribution in [1.82, 2.24) is 0 Å². The molecule has 0 aliphatic heterocycles. The number of rotatable bonds is 5. The van der Waals surface area contributed by atoms with Crippen LogP contribution in [0.15, 0.2) is 22.7 Å². The van der Waals surface area contributed by atoms with Gasteiger partial charge in [0.15, 0.2) is 0 Å². The molecule has 1 aromatic carbocycles. The zero-order chi connectivity index (χ0) is 13.8. The first-order chi connectivity index (χ1) is 9.11. The molecule has 2 unspecified atom stereocenters. The Morgan fingerprint density at radius 1 is 1.53 bits per heavy atom. The molecule has 1 aromatic rings. The van der Waals surface area contributed by atoms with Crippen molar-refractivity contribution >= 4 is 39.1 Å². The predicted molar refractivity (Wildman–Crippen MR) is 84.0 cm³/mol. The Hall–Kier alpha value is -0.750. The molecule has 1 aliphatic rings. The van der Waals surface area contributed by atoms with E-state index in [2.05, 4.69) is 28.2 Å². The third kappa shape index (κ3) is 3.63. The number of benzene rings is 1. The third-order valence-corrected chi connectivity index (χ3v) is 5.15. The predicted octanol–water partition coefficient (Wildman–Crippen LogP) is 4.44. The number of halogens is 1. The normalized spacial score (nSPS) is 22.4. The van der Waals surface area contributed by atoms with Crippen molar-refractivity contribution in [3.63, 3.8) is 0 Å². The first-order valence-corrected chi connectivity index (χ1v) is 8.28. The second-order valence-corrected chi connectivity index (χ2v) is 7.03. The Balaban J connectivity index is 2.16. The van der Waals surface area contributed by atoms with Gasteiger partial charge in [-0.2, -0.15) is 11.8 Å². The van der Waals surface area contributed by atoms with Gasteiger partial charge in [-0.15, -0.1) is 0 Å². The van der Waals surface area contributed by atoms with E-state index in [1.807, 2.05) is 17.8 Å². The van der Waals surface area contributed by atoms with Gasteiger partial charge in [-0.25, -0.2) is 0 Å². The summed E-state index contributed by atoms with van der Waals surface area (Å²) in [4.78, 5) is 10.8. The number of anilines is 1. The molecule has 0 radical (unpaired) electrons. The van der Waals surface area contributed by atoms with Crippen molar-refractivity contribution in [3.8, 4) is 0 Å². The third-order valence-electron chi connectivity index (χ3n) is 3.33. The highest BCUT2D eigenvalue weighted by Crippen LogP contribution is 2.35. The lowest BCUT2D eigenvalue weighted by Gasteiger charge is -2.21. The molecule has 6 heteroatoms. The van der Waals surface area contributed by atoms with Gasteiger partial charge < -0.3 is 5.32 Å². The van der Waals surface area contributed by atoms with Gasteiger partial charge in [-0.3, -0.25) is 10.1 Å². The van der Waals surface area contributed by atoms with Crippen molar-refractivity contribution in [3.05, 3.63) is 32.8 Å². The molecular formula is C13H17BrN2O2S. The van der Waals surface area contributed by atoms with Crippen LogP contribution < -0.4 is 5.32 Å². The minimum absolute atomic E-state index is 0.140. The van der Waals surface area contributed by atoms with Gasteiger partial charge in [0.05, 0.1) is 4.92 Å². The summed E-state index contributed by atoms with van der Waals surface area (Å²) in [5.41, 5.74) is 0.767. The number of nitrogens with zero attached hydrogens (tertiary/aromatic N) is 1. The maximum atomic E-state index is 11.1. The van der Waals surface area contributed by atoms with E-state index >= 15 is 0 Å². The molecule has 4 nitrogen and oxygen atoms in total. The zero-order valence-corrected chi connectivity index (χ0v) is 13.2. The summed E-state index contributed by atoms with van der Waals surface area (Å²) in [5.74, 6) is 1.09. The Morgan fingerprint density at radius 2 is 2.32 bits per heavy atom. The van der Waals surface area contributed by atoms with Crippen molar-refractivity contribution in [2.45, 2.75) is 37.5 Å². The molecule has 0 amide bonds. The molecule has 1 N–H and O–H groups in total. The Bertz CT molecular complexity index is 470. The molecule has 1 aliphatic carbocycles. The molecule has 0 spiro atoms. The van der Waals surface area contributed by atoms with Crippen LogP contribution in [-0.4, -0.2) is 22.0 Å². The van der Waals surface area contributed by atoms with Crippen LogP contribution in [0.4, 0.5) is 11.4 Å². The first kappa shape index (κ1) is 14.7. The lowest BCUT2D eigenvalue weighted by molar-refractivity contribution is -0.384. The van der Waals surface area contributed by atoms with Crippen LogP contribution in [0.1, 0.15) is 26.2 Å². The van der Waals surface area contributed by atoms with Crippen molar-refractivity contribution < 1.29 is 4.92 Å². The average molecular weight is 345 g/mol. The minimum atomic E-state index is -0.329. The first-order valence-electron chi connectivity index (χ1n) is 6.44. The van der Waals surface area contributed by atoms with Crippen LogP contribution >= 0.6 is 27.7 Å². The quantitative estimate of drug-likeness (QED) is 0.633. The lowest BCUT2D eigenvalue weighted by atomic mass is 10.2. The van der Waals surface area contributed by atoms with Crippen LogP contribution in [0.5, 0.6) is 0 Å². The Kier molecular flexibility index (Phi) is 5.10. The van der Waals surface area contributed by atoms with E-state index in [1.54, 1.807) is 12.1 Å². The average Bonchev–Trinajstić information content (AvgIpc) is 2.79. The molecule has 1 fully saturated rings. The molecule has 19 heavy (non-hydrogen) atoms. The van der Waals surface area contributed by atoms with Crippen LogP contribution in [0.25, 0.3) is 0 Å². The van der Waals surface area contributed by atoms with Crippen LogP contribution in [0, 0.1) is 10.1 Å². The van der Waals surface area contributed by atoms with Gasteiger partial charge >= 0.3 is 0 Å². The van der Waals surface area contributed by atoms with E-state index in [1.165, 1.54) is 12.8 Å². The molecule has 2 atom stereocenters. The summed E-state index contributed by atoms with van der Waals surface area (Å²) in [6.07, 6.45) is 3.48. The standard InChI is InChI=1S/C13H17BrN2O2S/c1-2-19-13-5-3-4-11(13)15-10-7-6-9(14)8-12(10)16(17)18/h6-8,11,13,15H,2-5H2,1H3. The lowest BCUT2D eigenvalue weighted by Crippen LogP contribution is -2.26. The van der Waals surface area contributed by atoms with Crippen molar-refractivity contribution in [2.24, 2.45) is 0 Å². The Labute approximate surface area is 125 Å². The minimum Gasteiger partial charge on any atom is -0.376 e. The van der Waals surface area contributed by atoms with Crippen molar-refractivity contribution in [2.75, 3.05) is 11.1 Å². The summed E-state index contributed by atoms with van der Waals surface area (Å²) in [7, 11) is 0. The Morgan fingerprint density at radius 3 is 3.00 bits per heavy atom. The van der Waals surface area contributed by atoms with E-state index in [9.17, 15) is 10.1 Å². The number of thioether (sulfide) groups is 1. The van der Waals surface area contributed by atoms with Gasteiger partial charge in [0.1, 0.15) is 5.69 Å². The smallest absolute Gasteiger partial charge is 0.293 e. The van der Waals surface area contributed by atoms with E-state index in [-0.39, 0.29) is 10.6 Å². The summed E-state index contributed by atoms with van der Waals surface area (Å²) in [6.45, 7) is 2.15. The number of nitro groups is 1. The van der Waals surface area contributed by atoms with Gasteiger partial charge in [0.2, 0.25) is 0 Å². The topological polar surface area (TPSA) is 55.2 Å². The van der Waals surface area contributed by atoms with E-state index in [4.69, 9.17) is 0 Å². The fraction of sp³-hybridized carbons (Fsp3) is 0.538. The summed E-state index contributed by atoms with van der Waals surface area (Å²) in [6, 6.07) is 5.52. The highest BCUT2D eigenvalue weighted by atomic mass is 79.9. The molecule has 0 heterocycles. The fourth-order valence-corrected chi connectivity index (χ4v) is 4.03. The maximum Gasteiger partial charge on any atom is 0.293 e. The highest BCUT2D eigenvalue weighted by molar-refractivity contribution is 9.10. The van der Waals surface area contributed by atoms with Gasteiger partial charge in [-0.05, 0) is 30.7 Å². The number of nitro benzene ring substituents is 1. The summed E-state index contributed by atoms with van der Waals surface area (Å²) < 4.78 is 0.732. The molecule has 1 saturated carbocycles. The van der Waals surface area contributed by atoms with Crippen molar-refractivity contribution in [1.29, 1.82) is 0 Å². The van der Waals surface area contributed by atoms with Gasteiger partial charge in [0.25, 0.3) is 5.69 Å². The largest absolute Gasteiger partial charge is 0.376 e. The number of hydrogen-bond donors (Lipinski definition) is 1. The van der Waals surface area contributed by atoms with Gasteiger partial charge in [-0.1, -0.05) is 29.3 Å². The summed E-state index contributed by atoms with van der Waals surface area (Å²) >= 11 is 5.22. The second-order valence-electron chi connectivity index (χ2n) is 4.59. The molecule has 2 rings (SSSR count). The van der Waals surface area contributed by atoms with Crippen LogP contribution in [-0.2, 0) is 0 Å². The zero-order valence-electron chi connectivity index (χ0n) is 10.8. The SMILES string of the molecule is CCSC1CCCC1Nc1ccc(Br)cc1[N+](=O)[O-]. The second kappa shape index (κ2) is 6.61. The molecule has 0 aromatic heterocycles. The fourth-order valence-electron chi connectivity index (χ4n) is 2.48. The number of nitrogens with one attached hydrogen (secondary N) is 1. The molecule has 104 valence electrons. The van der Waals surface area contributed by atoms with E-state index < -0.39 is 0 Å². The monoisotopic (exact) mass is 344 g/mol.